The van der Waals surface area contributed by atoms with Crippen LogP contribution in [0.5, 0.6) is 0 Å². The van der Waals surface area contributed by atoms with E-state index in [0.717, 1.165) is 51.4 Å². The normalized spacial score (nSPS) is 22.5. The highest BCUT2D eigenvalue weighted by molar-refractivity contribution is 5.90. The monoisotopic (exact) mass is 598 g/mol. The first-order valence-corrected chi connectivity index (χ1v) is 17.2. The second-order valence-corrected chi connectivity index (χ2v) is 12.8. The van der Waals surface area contributed by atoms with E-state index in [-0.39, 0.29) is 18.2 Å². The number of rotatable bonds is 26. The van der Waals surface area contributed by atoms with Gasteiger partial charge in [-0.3, -0.25) is 0 Å². The first kappa shape index (κ1) is 37.2. The molecule has 0 bridgehead atoms. The molecule has 1 saturated heterocycles. The predicted molar refractivity (Wildman–Crippen MR) is 165 cm³/mol. The van der Waals surface area contributed by atoms with Crippen LogP contribution in [-0.4, -0.2) is 80.8 Å². The summed E-state index contributed by atoms with van der Waals surface area (Å²) < 4.78 is 10.9. The van der Waals surface area contributed by atoms with E-state index in [1.165, 1.54) is 51.4 Å². The average molecular weight is 599 g/mol. The molecule has 0 radical (unpaired) electrons. The van der Waals surface area contributed by atoms with Gasteiger partial charge in [-0.1, -0.05) is 90.4 Å². The smallest absolute Gasteiger partial charge is 0.334 e. The zero-order valence-electron chi connectivity index (χ0n) is 26.3. The Morgan fingerprint density at radius 2 is 1.14 bits per heavy atom. The molecule has 7 atom stereocenters. The molecule has 0 saturated carbocycles. The molecule has 0 aromatic carbocycles. The molecular weight excluding hydrogens is 536 g/mol. The molecule has 2 rings (SSSR count). The first-order valence-electron chi connectivity index (χ1n) is 17.2. The van der Waals surface area contributed by atoms with Gasteiger partial charge in [-0.15, -0.1) is 0 Å². The molecule has 0 spiro atoms. The van der Waals surface area contributed by atoms with Gasteiger partial charge in [0.15, 0.2) is 0 Å². The molecule has 2 aliphatic rings. The lowest BCUT2D eigenvalue weighted by atomic mass is 9.97. The SMILES string of the molecule is CCCCCCCCCCCC[C@H](O)[C@@H]1CC[C@@H]([C@@H](O)CCC[C@H](O)[C@@H](O)CCCCCC(O)CC2=CCOC2=O)O1. The summed E-state index contributed by atoms with van der Waals surface area (Å²) in [6, 6.07) is 0. The third-order valence-electron chi connectivity index (χ3n) is 9.04. The van der Waals surface area contributed by atoms with Crippen molar-refractivity contribution in [2.24, 2.45) is 0 Å². The fourth-order valence-corrected chi connectivity index (χ4v) is 6.22. The van der Waals surface area contributed by atoms with Gasteiger partial charge in [-0.25, -0.2) is 4.79 Å². The van der Waals surface area contributed by atoms with Gasteiger partial charge in [0.2, 0.25) is 0 Å². The predicted octanol–water partition coefficient (Wildman–Crippen LogP) is 5.64. The zero-order chi connectivity index (χ0) is 30.6. The van der Waals surface area contributed by atoms with Gasteiger partial charge >= 0.3 is 5.97 Å². The maximum Gasteiger partial charge on any atom is 0.334 e. The van der Waals surface area contributed by atoms with Crippen LogP contribution in [-0.2, 0) is 14.3 Å². The molecule has 0 aromatic heterocycles. The van der Waals surface area contributed by atoms with Crippen molar-refractivity contribution in [1.29, 1.82) is 0 Å². The van der Waals surface area contributed by atoms with Gasteiger partial charge in [0.25, 0.3) is 0 Å². The summed E-state index contributed by atoms with van der Waals surface area (Å²) in [5.74, 6) is -0.341. The van der Waals surface area contributed by atoms with Gasteiger partial charge in [0.1, 0.15) is 6.61 Å². The van der Waals surface area contributed by atoms with Crippen molar-refractivity contribution in [3.05, 3.63) is 11.6 Å². The quantitative estimate of drug-likeness (QED) is 0.0637. The van der Waals surface area contributed by atoms with E-state index in [1.807, 2.05) is 0 Å². The minimum absolute atomic E-state index is 0.201. The Labute approximate surface area is 254 Å². The summed E-state index contributed by atoms with van der Waals surface area (Å²) in [5, 5.41) is 52.0. The molecule has 0 amide bonds. The molecule has 8 heteroatoms. The Bertz CT molecular complexity index is 728. The number of hydrogen-bond acceptors (Lipinski definition) is 8. The third kappa shape index (κ3) is 15.6. The average Bonchev–Trinajstić information content (AvgIpc) is 3.63. The second-order valence-electron chi connectivity index (χ2n) is 12.8. The van der Waals surface area contributed by atoms with Gasteiger partial charge in [-0.2, -0.15) is 0 Å². The molecule has 1 unspecified atom stereocenters. The van der Waals surface area contributed by atoms with Crippen LogP contribution in [0.15, 0.2) is 11.6 Å². The number of hydrogen-bond donors (Lipinski definition) is 5. The van der Waals surface area contributed by atoms with Crippen LogP contribution >= 0.6 is 0 Å². The number of cyclic esters (lactones) is 1. The summed E-state index contributed by atoms with van der Waals surface area (Å²) in [6.07, 6.45) is 18.2. The topological polar surface area (TPSA) is 137 Å². The highest BCUT2D eigenvalue weighted by Crippen LogP contribution is 2.28. The number of carbonyl (C=O) groups excluding carboxylic acids is 1. The van der Waals surface area contributed by atoms with Gasteiger partial charge in [0, 0.05) is 12.0 Å². The number of ether oxygens (including phenoxy) is 2. The molecule has 8 nitrogen and oxygen atoms in total. The Kier molecular flexibility index (Phi) is 19.9. The van der Waals surface area contributed by atoms with Crippen molar-refractivity contribution in [3.8, 4) is 0 Å². The molecule has 5 N–H and O–H groups in total. The van der Waals surface area contributed by atoms with Gasteiger partial charge in [0.05, 0.1) is 42.7 Å². The van der Waals surface area contributed by atoms with Gasteiger partial charge in [-0.05, 0) is 57.4 Å². The lowest BCUT2D eigenvalue weighted by molar-refractivity contribution is -0.136. The van der Waals surface area contributed by atoms with Crippen molar-refractivity contribution >= 4 is 5.97 Å². The van der Waals surface area contributed by atoms with E-state index >= 15 is 0 Å². The van der Waals surface area contributed by atoms with E-state index in [0.29, 0.717) is 50.7 Å². The van der Waals surface area contributed by atoms with Crippen LogP contribution in [0.3, 0.4) is 0 Å². The largest absolute Gasteiger partial charge is 0.458 e. The number of aliphatic hydroxyl groups is 5. The molecule has 246 valence electrons. The molecule has 2 aliphatic heterocycles. The standard InChI is InChI=1S/C34H62O8/c1-2-3-4-5-6-7-8-9-10-13-18-30(38)32-21-22-33(42-32)31(39)20-15-19-29(37)28(36)17-14-11-12-16-27(35)25-26-23-24-41-34(26)40/h23,27-33,35-39H,2-22,24-25H2,1H3/t27?,28-,29-,30-,31-,32-,33-/m0/s1. The van der Waals surface area contributed by atoms with Crippen molar-refractivity contribution in [2.45, 2.75) is 191 Å². The molecule has 42 heavy (non-hydrogen) atoms. The number of carbonyl (C=O) groups is 1. The lowest BCUT2D eigenvalue weighted by Crippen LogP contribution is -2.31. The van der Waals surface area contributed by atoms with Crippen LogP contribution in [0.4, 0.5) is 0 Å². The third-order valence-corrected chi connectivity index (χ3v) is 9.04. The number of esters is 1. The van der Waals surface area contributed by atoms with E-state index in [1.54, 1.807) is 6.08 Å². The summed E-state index contributed by atoms with van der Waals surface area (Å²) in [7, 11) is 0. The zero-order valence-corrected chi connectivity index (χ0v) is 26.3. The van der Waals surface area contributed by atoms with E-state index in [2.05, 4.69) is 6.92 Å². The van der Waals surface area contributed by atoms with Crippen LogP contribution in [0.25, 0.3) is 0 Å². The number of aliphatic hydroxyl groups excluding tert-OH is 5. The highest BCUT2D eigenvalue weighted by atomic mass is 16.5. The molecule has 2 heterocycles. The Hall–Kier alpha value is -1.03. The van der Waals surface area contributed by atoms with E-state index < -0.39 is 30.5 Å². The molecule has 0 aliphatic carbocycles. The summed E-state index contributed by atoms with van der Waals surface area (Å²) >= 11 is 0. The molecule has 1 fully saturated rings. The number of unbranched alkanes of at least 4 members (excludes halogenated alkanes) is 11. The minimum Gasteiger partial charge on any atom is -0.458 e. The van der Waals surface area contributed by atoms with E-state index in [4.69, 9.17) is 9.47 Å². The van der Waals surface area contributed by atoms with E-state index in [9.17, 15) is 30.3 Å². The maximum atomic E-state index is 11.4. The van der Waals surface area contributed by atoms with Crippen molar-refractivity contribution in [1.82, 2.24) is 0 Å². The highest BCUT2D eigenvalue weighted by Gasteiger charge is 2.34. The fourth-order valence-electron chi connectivity index (χ4n) is 6.22. The van der Waals surface area contributed by atoms with Crippen LogP contribution in [0.2, 0.25) is 0 Å². The van der Waals surface area contributed by atoms with Crippen molar-refractivity contribution < 1.29 is 39.8 Å². The lowest BCUT2D eigenvalue weighted by Gasteiger charge is -2.23. The summed E-state index contributed by atoms with van der Waals surface area (Å²) in [6.45, 7) is 2.54. The molecular formula is C34H62O8. The fraction of sp³-hybridized carbons (Fsp3) is 0.912. The Morgan fingerprint density at radius 1 is 0.667 bits per heavy atom. The second kappa shape index (κ2) is 22.5. The van der Waals surface area contributed by atoms with Crippen LogP contribution in [0, 0.1) is 0 Å². The van der Waals surface area contributed by atoms with Gasteiger partial charge < -0.3 is 35.0 Å². The van der Waals surface area contributed by atoms with Crippen LogP contribution < -0.4 is 0 Å². The molecule has 0 aromatic rings. The summed E-state index contributed by atoms with van der Waals surface area (Å²) in [5.41, 5.74) is 0.544. The first-order chi connectivity index (χ1) is 20.3. The summed E-state index contributed by atoms with van der Waals surface area (Å²) in [4.78, 5) is 11.4. The minimum atomic E-state index is -0.830. The van der Waals surface area contributed by atoms with Crippen LogP contribution in [0.1, 0.15) is 148 Å². The van der Waals surface area contributed by atoms with Crippen molar-refractivity contribution in [2.75, 3.05) is 6.61 Å². The maximum absolute atomic E-state index is 11.4. The van der Waals surface area contributed by atoms with Crippen molar-refractivity contribution in [3.63, 3.8) is 0 Å². The Morgan fingerprint density at radius 3 is 1.71 bits per heavy atom. The Balaban J connectivity index is 1.45.